The highest BCUT2D eigenvalue weighted by Gasteiger charge is 2.25. The van der Waals surface area contributed by atoms with Gasteiger partial charge in [-0.3, -0.25) is 9.78 Å². The Bertz CT molecular complexity index is 571. The maximum atomic E-state index is 12.6. The van der Waals surface area contributed by atoms with Crippen molar-refractivity contribution < 1.29 is 14.7 Å². The number of nitrogens with zero attached hydrogens (tertiary/aromatic N) is 3. The Labute approximate surface area is 123 Å². The fourth-order valence-electron chi connectivity index (χ4n) is 2.30. The Morgan fingerprint density at radius 3 is 2.86 bits per heavy atom. The molecule has 1 aliphatic heterocycles. The first-order chi connectivity index (χ1) is 9.99. The molecule has 6 heteroatoms. The van der Waals surface area contributed by atoms with Crippen molar-refractivity contribution in [2.24, 2.45) is 0 Å². The third kappa shape index (κ3) is 3.66. The van der Waals surface area contributed by atoms with Crippen LogP contribution in [0.25, 0.3) is 6.08 Å². The van der Waals surface area contributed by atoms with Crippen LogP contribution >= 0.6 is 0 Å². The molecule has 1 fully saturated rings. The van der Waals surface area contributed by atoms with Gasteiger partial charge < -0.3 is 14.9 Å². The van der Waals surface area contributed by atoms with Gasteiger partial charge in [-0.25, -0.2) is 4.79 Å². The zero-order chi connectivity index (χ0) is 15.4. The molecule has 0 spiro atoms. The van der Waals surface area contributed by atoms with Crippen LogP contribution < -0.4 is 0 Å². The molecule has 0 bridgehead atoms. The topological polar surface area (TPSA) is 73.7 Å². The zero-order valence-electron chi connectivity index (χ0n) is 12.2. The first-order valence-electron chi connectivity index (χ1n) is 6.83. The predicted octanol–water partition coefficient (Wildman–Crippen LogP) is 0.956. The van der Waals surface area contributed by atoms with Crippen LogP contribution in [0.15, 0.2) is 24.5 Å². The second kappa shape index (κ2) is 6.49. The summed E-state index contributed by atoms with van der Waals surface area (Å²) in [6, 6.07) is 1.94. The first-order valence-corrected chi connectivity index (χ1v) is 6.83. The van der Waals surface area contributed by atoms with Gasteiger partial charge in [0.05, 0.1) is 0 Å². The number of likely N-dealkylation sites (N-methyl/N-ethyl adjacent to an activating group) is 1. The van der Waals surface area contributed by atoms with E-state index in [0.717, 1.165) is 12.6 Å². The van der Waals surface area contributed by atoms with Crippen molar-refractivity contribution in [3.05, 3.63) is 35.7 Å². The molecule has 1 aromatic heterocycles. The minimum Gasteiger partial charge on any atom is -0.478 e. The van der Waals surface area contributed by atoms with E-state index in [1.165, 1.54) is 12.3 Å². The van der Waals surface area contributed by atoms with E-state index >= 15 is 0 Å². The molecule has 1 N–H and O–H groups in total. The Kier molecular flexibility index (Phi) is 4.70. The van der Waals surface area contributed by atoms with E-state index in [0.29, 0.717) is 30.3 Å². The van der Waals surface area contributed by atoms with Gasteiger partial charge in [-0.1, -0.05) is 0 Å². The summed E-state index contributed by atoms with van der Waals surface area (Å²) in [5.41, 5.74) is 1.01. The minimum atomic E-state index is -1.05. The maximum Gasteiger partial charge on any atom is 0.328 e. The molecule has 2 heterocycles. The van der Waals surface area contributed by atoms with Crippen LogP contribution in [-0.4, -0.2) is 64.5 Å². The van der Waals surface area contributed by atoms with E-state index in [9.17, 15) is 9.59 Å². The third-order valence-corrected chi connectivity index (χ3v) is 3.73. The molecule has 0 radical (unpaired) electrons. The minimum absolute atomic E-state index is 0.0811. The Morgan fingerprint density at radius 2 is 2.19 bits per heavy atom. The number of hydrogen-bond acceptors (Lipinski definition) is 4. The summed E-state index contributed by atoms with van der Waals surface area (Å²) in [7, 11) is 2.04. The average molecular weight is 289 g/mol. The van der Waals surface area contributed by atoms with E-state index in [-0.39, 0.29) is 5.91 Å². The van der Waals surface area contributed by atoms with Gasteiger partial charge in [-0.2, -0.15) is 0 Å². The number of rotatable bonds is 3. The van der Waals surface area contributed by atoms with Crippen molar-refractivity contribution in [3.63, 3.8) is 0 Å². The number of hydrogen-bond donors (Lipinski definition) is 1. The predicted molar refractivity (Wildman–Crippen MR) is 78.9 cm³/mol. The van der Waals surface area contributed by atoms with E-state index in [2.05, 4.69) is 16.8 Å². The SMILES string of the molecule is CC1CN(C(=O)c2ccncc2C=CC(=O)O)CCN1C. The lowest BCUT2D eigenvalue weighted by molar-refractivity contribution is -0.131. The van der Waals surface area contributed by atoms with E-state index < -0.39 is 5.97 Å². The number of carbonyl (C=O) groups is 2. The summed E-state index contributed by atoms with van der Waals surface area (Å²) in [4.78, 5) is 31.2. The summed E-state index contributed by atoms with van der Waals surface area (Å²) < 4.78 is 0. The molecule has 1 saturated heterocycles. The van der Waals surface area contributed by atoms with Crippen LogP contribution in [0, 0.1) is 0 Å². The number of piperazine rings is 1. The number of aromatic nitrogens is 1. The summed E-state index contributed by atoms with van der Waals surface area (Å²) in [6.45, 7) is 4.25. The fraction of sp³-hybridized carbons (Fsp3) is 0.400. The Morgan fingerprint density at radius 1 is 1.43 bits per heavy atom. The van der Waals surface area contributed by atoms with Crippen molar-refractivity contribution in [1.82, 2.24) is 14.8 Å². The molecule has 1 atom stereocenters. The quantitative estimate of drug-likeness (QED) is 0.839. The molecular weight excluding hydrogens is 270 g/mol. The summed E-state index contributed by atoms with van der Waals surface area (Å²) in [5, 5.41) is 8.71. The normalized spacial score (nSPS) is 19.9. The summed E-state index contributed by atoms with van der Waals surface area (Å²) >= 11 is 0. The van der Waals surface area contributed by atoms with Crippen molar-refractivity contribution >= 4 is 18.0 Å². The molecule has 2 rings (SSSR count). The molecule has 1 aliphatic rings. The highest BCUT2D eigenvalue weighted by atomic mass is 16.4. The van der Waals surface area contributed by atoms with Crippen LogP contribution in [0.5, 0.6) is 0 Å². The van der Waals surface area contributed by atoms with Crippen molar-refractivity contribution in [2.75, 3.05) is 26.7 Å². The first kappa shape index (κ1) is 15.2. The number of carboxylic acid groups (broad SMARTS) is 1. The van der Waals surface area contributed by atoms with E-state index in [1.807, 2.05) is 7.05 Å². The fourth-order valence-corrected chi connectivity index (χ4v) is 2.30. The number of aliphatic carboxylic acids is 1. The highest BCUT2D eigenvalue weighted by molar-refractivity contribution is 5.98. The van der Waals surface area contributed by atoms with E-state index in [4.69, 9.17) is 5.11 Å². The second-order valence-corrected chi connectivity index (χ2v) is 5.22. The van der Waals surface area contributed by atoms with Gasteiger partial charge in [0.1, 0.15) is 0 Å². The van der Waals surface area contributed by atoms with Gasteiger partial charge in [0.15, 0.2) is 0 Å². The number of carboxylic acids is 1. The van der Waals surface area contributed by atoms with Gasteiger partial charge >= 0.3 is 5.97 Å². The van der Waals surface area contributed by atoms with Gasteiger partial charge in [-0.05, 0) is 26.1 Å². The third-order valence-electron chi connectivity index (χ3n) is 3.73. The molecule has 1 unspecified atom stereocenters. The van der Waals surface area contributed by atoms with Gasteiger partial charge in [0.2, 0.25) is 0 Å². The molecule has 21 heavy (non-hydrogen) atoms. The van der Waals surface area contributed by atoms with Crippen LogP contribution in [0.4, 0.5) is 0 Å². The van der Waals surface area contributed by atoms with Crippen LogP contribution in [0.2, 0.25) is 0 Å². The van der Waals surface area contributed by atoms with Crippen LogP contribution in [0.1, 0.15) is 22.8 Å². The molecule has 0 saturated carbocycles. The zero-order valence-corrected chi connectivity index (χ0v) is 12.2. The van der Waals surface area contributed by atoms with Crippen LogP contribution in [0.3, 0.4) is 0 Å². The average Bonchev–Trinajstić information content (AvgIpc) is 2.47. The monoisotopic (exact) mass is 289 g/mol. The molecule has 0 aromatic carbocycles. The second-order valence-electron chi connectivity index (χ2n) is 5.22. The lowest BCUT2D eigenvalue weighted by Crippen LogP contribution is -2.52. The standard InChI is InChI=1S/C15H19N3O3/c1-11-10-18(8-7-17(11)2)15(21)13-5-6-16-9-12(13)3-4-14(19)20/h3-6,9,11H,7-8,10H2,1-2H3,(H,19,20). The number of pyridine rings is 1. The van der Waals surface area contributed by atoms with Crippen molar-refractivity contribution in [3.8, 4) is 0 Å². The Balaban J connectivity index is 2.21. The molecule has 6 nitrogen and oxygen atoms in total. The number of carbonyl (C=O) groups excluding carboxylic acids is 1. The summed E-state index contributed by atoms with van der Waals surface area (Å²) in [5.74, 6) is -1.13. The molecular formula is C15H19N3O3. The number of amides is 1. The molecule has 1 amide bonds. The summed E-state index contributed by atoms with van der Waals surface area (Å²) in [6.07, 6.45) is 5.47. The molecule has 0 aliphatic carbocycles. The van der Waals surface area contributed by atoms with Gasteiger partial charge in [0, 0.05) is 55.3 Å². The Hall–Kier alpha value is -2.21. The molecule has 1 aromatic rings. The van der Waals surface area contributed by atoms with Crippen molar-refractivity contribution in [2.45, 2.75) is 13.0 Å². The van der Waals surface area contributed by atoms with Gasteiger partial charge in [0.25, 0.3) is 5.91 Å². The molecule has 112 valence electrons. The maximum absolute atomic E-state index is 12.6. The highest BCUT2D eigenvalue weighted by Crippen LogP contribution is 2.15. The van der Waals surface area contributed by atoms with Crippen LogP contribution in [-0.2, 0) is 4.79 Å². The van der Waals surface area contributed by atoms with E-state index in [1.54, 1.807) is 17.2 Å². The van der Waals surface area contributed by atoms with Crippen molar-refractivity contribution in [1.29, 1.82) is 0 Å². The largest absolute Gasteiger partial charge is 0.478 e. The smallest absolute Gasteiger partial charge is 0.328 e. The lowest BCUT2D eigenvalue weighted by atomic mass is 10.1. The van der Waals surface area contributed by atoms with Gasteiger partial charge in [-0.15, -0.1) is 0 Å². The lowest BCUT2D eigenvalue weighted by Gasteiger charge is -2.37.